The number of sulfonamides is 1. The van der Waals surface area contributed by atoms with E-state index in [1.807, 2.05) is 0 Å². The van der Waals surface area contributed by atoms with E-state index in [1.165, 1.54) is 30.3 Å². The van der Waals surface area contributed by atoms with Crippen molar-refractivity contribution in [2.45, 2.75) is 11.8 Å². The molecule has 0 bridgehead atoms. The highest BCUT2D eigenvalue weighted by Crippen LogP contribution is 2.14. The summed E-state index contributed by atoms with van der Waals surface area (Å²) in [5, 5.41) is 14.5. The Morgan fingerprint density at radius 1 is 1.14 bits per heavy atom. The van der Waals surface area contributed by atoms with Gasteiger partial charge in [-0.2, -0.15) is 18.4 Å². The van der Waals surface area contributed by atoms with Crippen molar-refractivity contribution < 1.29 is 13.3 Å². The highest BCUT2D eigenvalue weighted by atomic mass is 32.2. The van der Waals surface area contributed by atoms with Gasteiger partial charge in [-0.3, -0.25) is 10.1 Å². The van der Waals surface area contributed by atoms with Gasteiger partial charge in [0.25, 0.3) is 15.7 Å². The summed E-state index contributed by atoms with van der Waals surface area (Å²) in [5.41, 5.74) is 0.700. The second-order valence-electron chi connectivity index (χ2n) is 4.41. The molecule has 2 aromatic carbocycles. The molecule has 0 saturated carbocycles. The molecule has 0 saturated heterocycles. The Bertz CT molecular complexity index is 817. The van der Waals surface area contributed by atoms with Gasteiger partial charge in [-0.15, -0.1) is 0 Å². The number of nitro benzene ring substituents is 1. The maximum absolute atomic E-state index is 12.0. The van der Waals surface area contributed by atoms with Gasteiger partial charge in [-0.25, -0.2) is 0 Å². The molecule has 22 heavy (non-hydrogen) atoms. The Morgan fingerprint density at radius 2 is 1.82 bits per heavy atom. The van der Waals surface area contributed by atoms with E-state index < -0.39 is 14.9 Å². The minimum absolute atomic E-state index is 0.0852. The number of rotatable bonds is 5. The molecule has 0 aliphatic heterocycles. The molecule has 114 valence electrons. The third-order valence-electron chi connectivity index (χ3n) is 2.86. The van der Waals surface area contributed by atoms with Crippen LogP contribution in [-0.2, 0) is 10.0 Å². The van der Waals surface area contributed by atoms with Gasteiger partial charge in [0.05, 0.1) is 15.5 Å². The Kier molecular flexibility index (Phi) is 4.52. The maximum atomic E-state index is 12.0. The first-order valence-corrected chi connectivity index (χ1v) is 7.74. The van der Waals surface area contributed by atoms with Crippen LogP contribution in [0.3, 0.4) is 0 Å². The largest absolute Gasteiger partial charge is 0.276 e. The molecule has 0 atom stereocenters. The molecule has 0 amide bonds. The van der Waals surface area contributed by atoms with Crippen molar-refractivity contribution in [3.8, 4) is 0 Å². The molecule has 2 rings (SSSR count). The third kappa shape index (κ3) is 3.67. The fourth-order valence-corrected chi connectivity index (χ4v) is 2.57. The van der Waals surface area contributed by atoms with Crippen molar-refractivity contribution in [1.29, 1.82) is 0 Å². The lowest BCUT2D eigenvalue weighted by Gasteiger charge is -2.05. The van der Waals surface area contributed by atoms with Crippen molar-refractivity contribution >= 4 is 21.4 Å². The summed E-state index contributed by atoms with van der Waals surface area (Å²) in [6.07, 6.45) is 0. The van der Waals surface area contributed by atoms with Crippen LogP contribution in [0, 0.1) is 10.1 Å². The van der Waals surface area contributed by atoms with Crippen molar-refractivity contribution in [1.82, 2.24) is 4.83 Å². The summed E-state index contributed by atoms with van der Waals surface area (Å²) < 4.78 is 24.0. The van der Waals surface area contributed by atoms with Crippen LogP contribution < -0.4 is 4.83 Å². The lowest BCUT2D eigenvalue weighted by atomic mass is 10.1. The zero-order chi connectivity index (χ0) is 16.2. The van der Waals surface area contributed by atoms with Crippen LogP contribution >= 0.6 is 0 Å². The smallest absolute Gasteiger partial charge is 0.258 e. The van der Waals surface area contributed by atoms with Gasteiger partial charge >= 0.3 is 0 Å². The Morgan fingerprint density at radius 3 is 2.45 bits per heavy atom. The summed E-state index contributed by atoms with van der Waals surface area (Å²) in [7, 11) is -3.76. The predicted octanol–water partition coefficient (Wildman–Crippen LogP) is 2.30. The molecule has 0 spiro atoms. The molecule has 7 nitrogen and oxygen atoms in total. The van der Waals surface area contributed by atoms with E-state index in [0.29, 0.717) is 11.3 Å². The van der Waals surface area contributed by atoms with Crippen molar-refractivity contribution in [3.05, 3.63) is 70.3 Å². The summed E-state index contributed by atoms with van der Waals surface area (Å²) in [6, 6.07) is 13.6. The van der Waals surface area contributed by atoms with Crippen LogP contribution in [-0.4, -0.2) is 19.1 Å². The van der Waals surface area contributed by atoms with E-state index in [2.05, 4.69) is 9.93 Å². The van der Waals surface area contributed by atoms with Gasteiger partial charge in [0.15, 0.2) is 0 Å². The van der Waals surface area contributed by atoms with E-state index in [-0.39, 0.29) is 10.6 Å². The fraction of sp³-hybridized carbons (Fsp3) is 0.0714. The topological polar surface area (TPSA) is 102 Å². The molecule has 0 heterocycles. The monoisotopic (exact) mass is 319 g/mol. The lowest BCUT2D eigenvalue weighted by molar-refractivity contribution is -0.384. The minimum Gasteiger partial charge on any atom is -0.258 e. The zero-order valence-electron chi connectivity index (χ0n) is 11.6. The first-order chi connectivity index (χ1) is 10.4. The van der Waals surface area contributed by atoms with Crippen LogP contribution in [0.5, 0.6) is 0 Å². The minimum atomic E-state index is -3.76. The van der Waals surface area contributed by atoms with Gasteiger partial charge in [-0.1, -0.05) is 30.3 Å². The van der Waals surface area contributed by atoms with Crippen LogP contribution in [0.4, 0.5) is 5.69 Å². The normalized spacial score (nSPS) is 12.0. The predicted molar refractivity (Wildman–Crippen MR) is 82.1 cm³/mol. The van der Waals surface area contributed by atoms with Gasteiger partial charge < -0.3 is 0 Å². The third-order valence-corrected chi connectivity index (χ3v) is 4.09. The van der Waals surface area contributed by atoms with Crippen LogP contribution in [0.2, 0.25) is 0 Å². The first-order valence-electron chi connectivity index (χ1n) is 6.26. The molecule has 8 heteroatoms. The Hall–Kier alpha value is -2.74. The Labute approximate surface area is 127 Å². The molecule has 0 aliphatic carbocycles. The average Bonchev–Trinajstić information content (AvgIpc) is 2.53. The molecule has 0 unspecified atom stereocenters. The van der Waals surface area contributed by atoms with Gasteiger partial charge in [-0.05, 0) is 19.1 Å². The molecule has 0 aliphatic rings. The van der Waals surface area contributed by atoms with Gasteiger partial charge in [0.2, 0.25) is 0 Å². The summed E-state index contributed by atoms with van der Waals surface area (Å²) in [6.45, 7) is 1.56. The number of benzene rings is 2. The molecule has 2 aromatic rings. The van der Waals surface area contributed by atoms with E-state index in [9.17, 15) is 18.5 Å². The van der Waals surface area contributed by atoms with Crippen molar-refractivity contribution in [2.24, 2.45) is 5.10 Å². The van der Waals surface area contributed by atoms with Gasteiger partial charge in [0, 0.05) is 17.7 Å². The number of nitrogens with zero attached hydrogens (tertiary/aromatic N) is 2. The number of hydrogen-bond acceptors (Lipinski definition) is 5. The van der Waals surface area contributed by atoms with E-state index in [1.54, 1.807) is 31.2 Å². The number of nitrogens with one attached hydrogen (secondary N) is 1. The zero-order valence-corrected chi connectivity index (χ0v) is 12.4. The average molecular weight is 319 g/mol. The number of hydrazone groups is 1. The highest BCUT2D eigenvalue weighted by Gasteiger charge is 2.13. The van der Waals surface area contributed by atoms with E-state index in [4.69, 9.17) is 0 Å². The summed E-state index contributed by atoms with van der Waals surface area (Å²) in [4.78, 5) is 12.4. The molecular formula is C14H13N3O4S. The maximum Gasteiger partial charge on any atom is 0.276 e. The Balaban J connectivity index is 2.23. The molecule has 0 aromatic heterocycles. The van der Waals surface area contributed by atoms with E-state index in [0.717, 1.165) is 0 Å². The molecular weight excluding hydrogens is 306 g/mol. The quantitative estimate of drug-likeness (QED) is 0.519. The molecule has 0 radical (unpaired) electrons. The second-order valence-corrected chi connectivity index (χ2v) is 6.07. The summed E-state index contributed by atoms with van der Waals surface area (Å²) >= 11 is 0. The second kappa shape index (κ2) is 6.35. The summed E-state index contributed by atoms with van der Waals surface area (Å²) in [5.74, 6) is 0. The molecule has 1 N–H and O–H groups in total. The van der Waals surface area contributed by atoms with Crippen molar-refractivity contribution in [3.63, 3.8) is 0 Å². The van der Waals surface area contributed by atoms with Crippen LogP contribution in [0.15, 0.2) is 64.6 Å². The van der Waals surface area contributed by atoms with E-state index >= 15 is 0 Å². The van der Waals surface area contributed by atoms with Crippen molar-refractivity contribution in [2.75, 3.05) is 0 Å². The lowest BCUT2D eigenvalue weighted by Crippen LogP contribution is -2.19. The fourth-order valence-electron chi connectivity index (χ4n) is 1.69. The van der Waals surface area contributed by atoms with Crippen LogP contribution in [0.25, 0.3) is 0 Å². The number of hydrogen-bond donors (Lipinski definition) is 1. The standard InChI is InChI=1S/C14H13N3O4S/c1-11(12-6-5-7-13(10-12)17(18)19)15-16-22(20,21)14-8-3-2-4-9-14/h2-10,16H,1H3/b15-11+. The molecule has 0 fully saturated rings. The number of nitro groups is 1. The van der Waals surface area contributed by atoms with Crippen LogP contribution in [0.1, 0.15) is 12.5 Å². The number of non-ortho nitro benzene ring substituents is 1. The van der Waals surface area contributed by atoms with Gasteiger partial charge in [0.1, 0.15) is 0 Å². The SMILES string of the molecule is C/C(=N\NS(=O)(=O)c1ccccc1)c1cccc([N+](=O)[O-])c1. The highest BCUT2D eigenvalue weighted by molar-refractivity contribution is 7.89. The first kappa shape index (κ1) is 15.6.